The van der Waals surface area contributed by atoms with Crippen LogP contribution in [0.4, 0.5) is 5.69 Å². The zero-order valence-electron chi connectivity index (χ0n) is 16.6. The quantitative estimate of drug-likeness (QED) is 0.304. The largest absolute Gasteiger partial charge is 0.375 e. The molecular weight excluding hydrogens is 348 g/mol. The third-order valence-corrected chi connectivity index (χ3v) is 4.53. The molecule has 1 heterocycles. The van der Waals surface area contributed by atoms with Crippen LogP contribution in [0.2, 0.25) is 0 Å². The van der Waals surface area contributed by atoms with Crippen molar-refractivity contribution in [1.29, 1.82) is 0 Å². The maximum Gasteiger partial charge on any atom is 0.191 e. The fourth-order valence-electron chi connectivity index (χ4n) is 3.02. The highest BCUT2D eigenvalue weighted by Gasteiger charge is 2.07. The monoisotopic (exact) mass is 378 g/mol. The van der Waals surface area contributed by atoms with Crippen molar-refractivity contribution >= 4 is 11.6 Å². The summed E-state index contributed by atoms with van der Waals surface area (Å²) in [5.74, 6) is 0.818. The van der Waals surface area contributed by atoms with Gasteiger partial charge in [0.1, 0.15) is 0 Å². The van der Waals surface area contributed by atoms with Gasteiger partial charge in [-0.05, 0) is 30.2 Å². The van der Waals surface area contributed by atoms with Crippen LogP contribution < -0.4 is 15.5 Å². The Balaban J connectivity index is 1.41. The van der Waals surface area contributed by atoms with E-state index in [1.165, 1.54) is 16.8 Å². The Morgan fingerprint density at radius 3 is 2.43 bits per heavy atom. The molecule has 0 aromatic heterocycles. The molecule has 1 aliphatic rings. The third-order valence-electron chi connectivity index (χ3n) is 4.53. The molecule has 3 rings (SSSR count). The van der Waals surface area contributed by atoms with Crippen LogP contribution in [0.25, 0.3) is 0 Å². The normalized spacial score (nSPS) is 13.8. The molecule has 28 heavy (non-hydrogen) atoms. The Bertz CT molecular complexity index is 748. The first-order valence-electron chi connectivity index (χ1n) is 9.98. The van der Waals surface area contributed by atoms with Crippen molar-refractivity contribution in [3.8, 4) is 0 Å². The number of ether oxygens (including phenoxy) is 1. The van der Waals surface area contributed by atoms with Crippen LogP contribution in [-0.2, 0) is 17.9 Å². The number of aliphatic imine (C=N–C) groups is 1. The average molecular weight is 379 g/mol. The van der Waals surface area contributed by atoms with E-state index in [1.807, 2.05) is 18.2 Å². The first-order chi connectivity index (χ1) is 13.8. The van der Waals surface area contributed by atoms with Crippen LogP contribution >= 0.6 is 0 Å². The molecule has 0 fully saturated rings. The lowest BCUT2D eigenvalue weighted by Gasteiger charge is -2.17. The number of nitrogens with one attached hydrogen (secondary N) is 2. The number of guanidine groups is 1. The van der Waals surface area contributed by atoms with Gasteiger partial charge in [0.25, 0.3) is 0 Å². The number of benzene rings is 2. The second kappa shape index (κ2) is 11.1. The lowest BCUT2D eigenvalue weighted by molar-refractivity contribution is 0.125. The van der Waals surface area contributed by atoms with Crippen molar-refractivity contribution < 1.29 is 4.74 Å². The van der Waals surface area contributed by atoms with Crippen LogP contribution in [0.15, 0.2) is 71.7 Å². The molecule has 0 atom stereocenters. The van der Waals surface area contributed by atoms with Gasteiger partial charge in [-0.1, -0.05) is 54.6 Å². The van der Waals surface area contributed by atoms with Gasteiger partial charge in [-0.15, -0.1) is 0 Å². The number of hydrogen-bond acceptors (Lipinski definition) is 3. The number of rotatable bonds is 9. The molecule has 5 nitrogen and oxygen atoms in total. The van der Waals surface area contributed by atoms with Crippen LogP contribution in [-0.4, -0.2) is 38.7 Å². The van der Waals surface area contributed by atoms with Gasteiger partial charge in [0, 0.05) is 31.9 Å². The van der Waals surface area contributed by atoms with E-state index in [2.05, 4.69) is 76.0 Å². The van der Waals surface area contributed by atoms with E-state index in [-0.39, 0.29) is 0 Å². The Hall–Kier alpha value is -2.79. The number of hydrogen-bond donors (Lipinski definition) is 2. The van der Waals surface area contributed by atoms with E-state index >= 15 is 0 Å². The average Bonchev–Trinajstić information content (AvgIpc) is 3.28. The minimum Gasteiger partial charge on any atom is -0.375 e. The second-order valence-electron chi connectivity index (χ2n) is 6.70. The summed E-state index contributed by atoms with van der Waals surface area (Å²) in [6.07, 6.45) is 4.41. The smallest absolute Gasteiger partial charge is 0.191 e. The highest BCUT2D eigenvalue weighted by atomic mass is 16.5. The van der Waals surface area contributed by atoms with Crippen LogP contribution in [0.1, 0.15) is 18.1 Å². The fraction of sp³-hybridized carbons (Fsp3) is 0.348. The standard InChI is InChI=1S/C23H30N4O/c1-2-24-23(25-14-17-28-19-21-8-4-3-5-9-21)26-18-20-10-12-22(13-11-20)27-15-6-7-16-27/h3-13H,2,14-19H2,1H3,(H2,24,25,26). The summed E-state index contributed by atoms with van der Waals surface area (Å²) >= 11 is 0. The summed E-state index contributed by atoms with van der Waals surface area (Å²) in [5.41, 5.74) is 3.66. The molecule has 0 radical (unpaired) electrons. The van der Waals surface area contributed by atoms with E-state index in [9.17, 15) is 0 Å². The van der Waals surface area contributed by atoms with Crippen LogP contribution in [0.5, 0.6) is 0 Å². The third kappa shape index (κ3) is 6.43. The van der Waals surface area contributed by atoms with E-state index in [1.54, 1.807) is 0 Å². The molecule has 0 saturated heterocycles. The number of anilines is 1. The van der Waals surface area contributed by atoms with Crippen molar-refractivity contribution in [2.24, 2.45) is 4.99 Å². The number of nitrogens with zero attached hydrogens (tertiary/aromatic N) is 2. The van der Waals surface area contributed by atoms with Crippen molar-refractivity contribution in [3.05, 3.63) is 77.9 Å². The molecule has 5 heteroatoms. The molecule has 2 aromatic rings. The molecular formula is C23H30N4O. The summed E-state index contributed by atoms with van der Waals surface area (Å²) in [4.78, 5) is 7.02. The van der Waals surface area contributed by atoms with Gasteiger partial charge in [-0.2, -0.15) is 0 Å². The van der Waals surface area contributed by atoms with E-state index in [0.29, 0.717) is 19.8 Å². The lowest BCUT2D eigenvalue weighted by Crippen LogP contribution is -2.38. The van der Waals surface area contributed by atoms with Crippen molar-refractivity contribution in [3.63, 3.8) is 0 Å². The predicted molar refractivity (Wildman–Crippen MR) is 117 cm³/mol. The second-order valence-corrected chi connectivity index (χ2v) is 6.70. The van der Waals surface area contributed by atoms with Crippen molar-refractivity contribution in [2.45, 2.75) is 20.1 Å². The minimum absolute atomic E-state index is 0.634. The van der Waals surface area contributed by atoms with Gasteiger partial charge in [-0.25, -0.2) is 4.99 Å². The van der Waals surface area contributed by atoms with Gasteiger partial charge >= 0.3 is 0 Å². The Labute approximate surface area is 168 Å². The molecule has 0 aliphatic carbocycles. The van der Waals surface area contributed by atoms with Gasteiger partial charge in [-0.3, -0.25) is 0 Å². The molecule has 1 aliphatic heterocycles. The highest BCUT2D eigenvalue weighted by Crippen LogP contribution is 2.17. The molecule has 0 saturated carbocycles. The Morgan fingerprint density at radius 2 is 1.71 bits per heavy atom. The Kier molecular flexibility index (Phi) is 7.94. The van der Waals surface area contributed by atoms with Crippen molar-refractivity contribution in [1.82, 2.24) is 10.6 Å². The molecule has 148 valence electrons. The van der Waals surface area contributed by atoms with E-state index < -0.39 is 0 Å². The highest BCUT2D eigenvalue weighted by molar-refractivity contribution is 5.79. The van der Waals surface area contributed by atoms with Gasteiger partial charge in [0.05, 0.1) is 19.8 Å². The zero-order valence-corrected chi connectivity index (χ0v) is 16.6. The zero-order chi connectivity index (χ0) is 19.4. The van der Waals surface area contributed by atoms with Gasteiger partial charge in [0.2, 0.25) is 0 Å². The summed E-state index contributed by atoms with van der Waals surface area (Å²) in [6, 6.07) is 18.9. The summed E-state index contributed by atoms with van der Waals surface area (Å²) < 4.78 is 5.72. The van der Waals surface area contributed by atoms with E-state index in [0.717, 1.165) is 32.1 Å². The lowest BCUT2D eigenvalue weighted by atomic mass is 10.2. The SMILES string of the molecule is CCNC(=NCc1ccc(N2CC=CC2)cc1)NCCOCc1ccccc1. The Morgan fingerprint density at radius 1 is 0.964 bits per heavy atom. The molecule has 0 spiro atoms. The summed E-state index contributed by atoms with van der Waals surface area (Å²) in [5, 5.41) is 6.62. The molecule has 0 amide bonds. The minimum atomic E-state index is 0.634. The summed E-state index contributed by atoms with van der Waals surface area (Å²) in [6.45, 7) is 7.54. The summed E-state index contributed by atoms with van der Waals surface area (Å²) in [7, 11) is 0. The molecule has 0 bridgehead atoms. The van der Waals surface area contributed by atoms with Crippen LogP contribution in [0, 0.1) is 0 Å². The van der Waals surface area contributed by atoms with Crippen molar-refractivity contribution in [2.75, 3.05) is 37.7 Å². The maximum atomic E-state index is 5.72. The van der Waals surface area contributed by atoms with E-state index in [4.69, 9.17) is 4.74 Å². The first-order valence-corrected chi connectivity index (χ1v) is 9.98. The maximum absolute atomic E-state index is 5.72. The predicted octanol–water partition coefficient (Wildman–Crippen LogP) is 3.33. The molecule has 0 unspecified atom stereocenters. The van der Waals surface area contributed by atoms with Gasteiger partial charge < -0.3 is 20.3 Å². The topological polar surface area (TPSA) is 48.9 Å². The van der Waals surface area contributed by atoms with Crippen LogP contribution in [0.3, 0.4) is 0 Å². The molecule has 2 aromatic carbocycles. The van der Waals surface area contributed by atoms with Gasteiger partial charge in [0.15, 0.2) is 5.96 Å². The molecule has 2 N–H and O–H groups in total. The fourth-order valence-corrected chi connectivity index (χ4v) is 3.02. The first kappa shape index (κ1) is 20.0.